The summed E-state index contributed by atoms with van der Waals surface area (Å²) in [5.74, 6) is -1.51. The summed E-state index contributed by atoms with van der Waals surface area (Å²) in [6.07, 6.45) is 2.04. The van der Waals surface area contributed by atoms with E-state index in [2.05, 4.69) is 48.1 Å². The van der Waals surface area contributed by atoms with Crippen LogP contribution >= 0.6 is 11.3 Å². The molecule has 4 rings (SSSR count). The molecule has 0 spiro atoms. The van der Waals surface area contributed by atoms with E-state index in [1.807, 2.05) is 12.1 Å². The largest absolute Gasteiger partial charge is 0.368 e. The van der Waals surface area contributed by atoms with Gasteiger partial charge in [0.05, 0.1) is 6.54 Å². The van der Waals surface area contributed by atoms with Gasteiger partial charge in [0.15, 0.2) is 0 Å². The first-order chi connectivity index (χ1) is 16.9. The number of nitrogens with zero attached hydrogens (tertiary/aromatic N) is 5. The summed E-state index contributed by atoms with van der Waals surface area (Å²) >= 11 is 1.62. The quantitative estimate of drug-likeness (QED) is 0.269. The number of aryl methyl sites for hydroxylation is 1. The van der Waals surface area contributed by atoms with Gasteiger partial charge in [0.25, 0.3) is 11.8 Å². The monoisotopic (exact) mass is 491 g/mol. The molecule has 5 N–H and O–H groups in total. The number of benzene rings is 1. The second kappa shape index (κ2) is 10.6. The van der Waals surface area contributed by atoms with Crippen LogP contribution in [0.15, 0.2) is 48.8 Å². The molecule has 0 aliphatic heterocycles. The van der Waals surface area contributed by atoms with Gasteiger partial charge in [-0.2, -0.15) is 5.21 Å². The number of H-pyrrole nitrogens is 1. The Bertz CT molecular complexity index is 1340. The molecule has 12 nitrogen and oxygen atoms in total. The van der Waals surface area contributed by atoms with E-state index >= 15 is 0 Å². The van der Waals surface area contributed by atoms with Crippen LogP contribution in [0.2, 0.25) is 0 Å². The van der Waals surface area contributed by atoms with Gasteiger partial charge in [0.1, 0.15) is 23.8 Å². The number of nitrogens with two attached hydrogens (primary N) is 1. The molecule has 0 unspecified atom stereocenters. The number of carbonyl (C=O) groups excluding carboxylic acids is 3. The molecule has 0 fully saturated rings. The number of thiophene rings is 1. The molecule has 0 radical (unpaired) electrons. The van der Waals surface area contributed by atoms with Crippen LogP contribution in [0.25, 0.3) is 11.4 Å². The molecule has 0 saturated carbocycles. The molecule has 35 heavy (non-hydrogen) atoms. The molecule has 3 amide bonds. The first-order valence-electron chi connectivity index (χ1n) is 10.6. The van der Waals surface area contributed by atoms with E-state index in [-0.39, 0.29) is 11.4 Å². The lowest BCUT2D eigenvalue weighted by Gasteiger charge is -2.16. The lowest BCUT2D eigenvalue weighted by Crippen LogP contribution is -2.38. The minimum Gasteiger partial charge on any atom is -0.368 e. The molecule has 0 bridgehead atoms. The van der Waals surface area contributed by atoms with Crippen LogP contribution in [0.5, 0.6) is 0 Å². The van der Waals surface area contributed by atoms with Gasteiger partial charge in [-0.3, -0.25) is 14.4 Å². The predicted octanol–water partition coefficient (Wildman–Crippen LogP) is 1.17. The second-order valence-electron chi connectivity index (χ2n) is 7.36. The summed E-state index contributed by atoms with van der Waals surface area (Å²) in [5, 5.41) is 19.0. The number of carbonyl (C=O) groups is 3. The van der Waals surface area contributed by atoms with Crippen molar-refractivity contribution in [3.05, 3.63) is 75.5 Å². The topological polar surface area (TPSA) is 182 Å². The Morgan fingerprint density at radius 3 is 2.37 bits per heavy atom. The van der Waals surface area contributed by atoms with Crippen LogP contribution in [-0.2, 0) is 17.8 Å². The highest BCUT2D eigenvalue weighted by Crippen LogP contribution is 2.19. The summed E-state index contributed by atoms with van der Waals surface area (Å²) in [6, 6.07) is 10.7. The van der Waals surface area contributed by atoms with Crippen LogP contribution in [-0.4, -0.2) is 48.3 Å². The molecule has 0 aliphatic carbocycles. The minimum absolute atomic E-state index is 0.0255. The summed E-state index contributed by atoms with van der Waals surface area (Å²) in [5.41, 5.74) is 6.58. The van der Waals surface area contributed by atoms with Crippen LogP contribution in [0.4, 0.5) is 0 Å². The van der Waals surface area contributed by atoms with Gasteiger partial charge in [-0.25, -0.2) is 9.97 Å². The van der Waals surface area contributed by atoms with Gasteiger partial charge < -0.3 is 16.4 Å². The standard InChI is InChI=1S/C22H21N9O3S/c1-2-14-7-8-15(35-14)10-24-21(33)16-9-17(26-11-25-16)22(34)27-18(19(23)32)12-3-5-13(6-4-12)20-28-30-31-29-20/h3-9,11,18H,2,10H2,1H3,(H2,23,32)(H,24,33)(H,27,34)(H,28,29,30,31)/t18-/m1/s1. The zero-order valence-electron chi connectivity index (χ0n) is 18.6. The van der Waals surface area contributed by atoms with Crippen LogP contribution in [0.1, 0.15) is 49.3 Å². The van der Waals surface area contributed by atoms with E-state index in [4.69, 9.17) is 5.73 Å². The molecule has 1 atom stereocenters. The van der Waals surface area contributed by atoms with E-state index in [0.717, 1.165) is 17.6 Å². The fraction of sp³-hybridized carbons (Fsp3) is 0.182. The number of aromatic nitrogens is 6. The second-order valence-corrected chi connectivity index (χ2v) is 8.61. The number of hydrogen-bond donors (Lipinski definition) is 4. The smallest absolute Gasteiger partial charge is 0.270 e. The lowest BCUT2D eigenvalue weighted by atomic mass is 10.0. The normalized spacial score (nSPS) is 11.6. The third-order valence-corrected chi connectivity index (χ3v) is 6.26. The molecular formula is C22H21N9O3S. The summed E-state index contributed by atoms with van der Waals surface area (Å²) in [4.78, 5) is 47.5. The van der Waals surface area contributed by atoms with Gasteiger partial charge in [0.2, 0.25) is 11.7 Å². The van der Waals surface area contributed by atoms with E-state index in [0.29, 0.717) is 23.5 Å². The highest BCUT2D eigenvalue weighted by Gasteiger charge is 2.23. The van der Waals surface area contributed by atoms with Crippen molar-refractivity contribution in [2.75, 3.05) is 0 Å². The molecule has 3 aromatic heterocycles. The molecule has 178 valence electrons. The number of nitrogens with one attached hydrogen (secondary N) is 3. The van der Waals surface area contributed by atoms with Gasteiger partial charge in [0, 0.05) is 21.4 Å². The Hall–Kier alpha value is -4.52. The first-order valence-corrected chi connectivity index (χ1v) is 11.4. The number of primary amides is 1. The van der Waals surface area contributed by atoms with Crippen molar-refractivity contribution < 1.29 is 14.4 Å². The summed E-state index contributed by atoms with van der Waals surface area (Å²) in [6.45, 7) is 2.41. The third kappa shape index (κ3) is 5.70. The molecule has 0 saturated heterocycles. The number of aromatic amines is 1. The minimum atomic E-state index is -1.12. The molecule has 4 aromatic rings. The summed E-state index contributed by atoms with van der Waals surface area (Å²) in [7, 11) is 0. The number of tetrazole rings is 1. The zero-order chi connectivity index (χ0) is 24.8. The average molecular weight is 492 g/mol. The van der Waals surface area contributed by atoms with Crippen molar-refractivity contribution in [2.45, 2.75) is 25.9 Å². The lowest BCUT2D eigenvalue weighted by molar-refractivity contribution is -0.120. The van der Waals surface area contributed by atoms with Crippen molar-refractivity contribution in [1.82, 2.24) is 41.2 Å². The molecular weight excluding hydrogens is 470 g/mol. The van der Waals surface area contributed by atoms with Gasteiger partial charge in [-0.1, -0.05) is 31.2 Å². The predicted molar refractivity (Wildman–Crippen MR) is 126 cm³/mol. The first kappa shape index (κ1) is 23.6. The van der Waals surface area contributed by atoms with E-state index in [1.54, 1.807) is 35.6 Å². The maximum atomic E-state index is 12.8. The van der Waals surface area contributed by atoms with Crippen molar-refractivity contribution in [3.8, 4) is 11.4 Å². The highest BCUT2D eigenvalue weighted by atomic mass is 32.1. The van der Waals surface area contributed by atoms with Crippen LogP contribution in [0, 0.1) is 0 Å². The molecule has 1 aromatic carbocycles. The Kier molecular flexibility index (Phi) is 7.16. The molecule has 13 heteroatoms. The van der Waals surface area contributed by atoms with Crippen molar-refractivity contribution in [2.24, 2.45) is 5.73 Å². The highest BCUT2D eigenvalue weighted by molar-refractivity contribution is 7.11. The third-order valence-electron chi connectivity index (χ3n) is 5.03. The van der Waals surface area contributed by atoms with Gasteiger partial charge in [-0.15, -0.1) is 21.5 Å². The Morgan fingerprint density at radius 2 is 1.74 bits per heavy atom. The maximum Gasteiger partial charge on any atom is 0.270 e. The van der Waals surface area contributed by atoms with E-state index in [9.17, 15) is 14.4 Å². The van der Waals surface area contributed by atoms with Crippen molar-refractivity contribution in [1.29, 1.82) is 0 Å². The molecule has 0 aliphatic rings. The number of hydrogen-bond acceptors (Lipinski definition) is 9. The Balaban J connectivity index is 1.43. The molecule has 3 heterocycles. The fourth-order valence-corrected chi connectivity index (χ4v) is 4.10. The van der Waals surface area contributed by atoms with Crippen molar-refractivity contribution >= 4 is 29.1 Å². The maximum absolute atomic E-state index is 12.8. The van der Waals surface area contributed by atoms with E-state index < -0.39 is 23.8 Å². The summed E-state index contributed by atoms with van der Waals surface area (Å²) < 4.78 is 0. The van der Waals surface area contributed by atoms with Crippen LogP contribution in [0.3, 0.4) is 0 Å². The van der Waals surface area contributed by atoms with Gasteiger partial charge >= 0.3 is 0 Å². The SMILES string of the molecule is CCc1ccc(CNC(=O)c2cc(C(=O)N[C@@H](C(N)=O)c3ccc(-c4nn[nH]n4)cc3)ncn2)s1. The Labute approximate surface area is 203 Å². The average Bonchev–Trinajstić information content (AvgIpc) is 3.58. The number of amides is 3. The van der Waals surface area contributed by atoms with E-state index in [1.165, 1.54) is 10.9 Å². The Morgan fingerprint density at radius 1 is 1.03 bits per heavy atom. The fourth-order valence-electron chi connectivity index (χ4n) is 3.20. The van der Waals surface area contributed by atoms with Crippen LogP contribution < -0.4 is 16.4 Å². The van der Waals surface area contributed by atoms with Gasteiger partial charge in [-0.05, 0) is 29.3 Å². The van der Waals surface area contributed by atoms with Crippen molar-refractivity contribution in [3.63, 3.8) is 0 Å². The zero-order valence-corrected chi connectivity index (χ0v) is 19.4. The number of rotatable bonds is 9.